The van der Waals surface area contributed by atoms with Crippen molar-refractivity contribution in [3.8, 4) is 0 Å². The van der Waals surface area contributed by atoms with Gasteiger partial charge in [0.2, 0.25) is 0 Å². The van der Waals surface area contributed by atoms with Crippen LogP contribution in [0.3, 0.4) is 0 Å². The highest BCUT2D eigenvalue weighted by molar-refractivity contribution is 5.92. The van der Waals surface area contributed by atoms with Gasteiger partial charge in [-0.2, -0.15) is 0 Å². The summed E-state index contributed by atoms with van der Waals surface area (Å²) in [6.07, 6.45) is 8.16. The van der Waals surface area contributed by atoms with E-state index in [0.29, 0.717) is 12.5 Å². The zero-order valence-corrected chi connectivity index (χ0v) is 13.1. The summed E-state index contributed by atoms with van der Waals surface area (Å²) < 4.78 is 0. The van der Waals surface area contributed by atoms with Crippen LogP contribution < -0.4 is 5.32 Å². The van der Waals surface area contributed by atoms with Gasteiger partial charge < -0.3 is 10.4 Å². The third-order valence-electron chi connectivity index (χ3n) is 4.23. The third-order valence-corrected chi connectivity index (χ3v) is 4.23. The van der Waals surface area contributed by atoms with E-state index in [9.17, 15) is 9.59 Å². The highest BCUT2D eigenvalue weighted by Gasteiger charge is 2.34. The van der Waals surface area contributed by atoms with Gasteiger partial charge in [-0.25, -0.2) is 14.8 Å². The van der Waals surface area contributed by atoms with E-state index in [0.717, 1.165) is 25.5 Å². The van der Waals surface area contributed by atoms with Crippen molar-refractivity contribution in [1.29, 1.82) is 0 Å². The molecule has 0 radical (unpaired) electrons. The van der Waals surface area contributed by atoms with Gasteiger partial charge in [-0.15, -0.1) is 0 Å². The number of carboxylic acid groups (broad SMARTS) is 1. The number of carbonyl (C=O) groups is 2. The minimum absolute atomic E-state index is 0.155. The number of nitrogens with zero attached hydrogens (tertiary/aromatic N) is 2. The van der Waals surface area contributed by atoms with E-state index in [4.69, 9.17) is 5.11 Å². The Morgan fingerprint density at radius 1 is 1.23 bits per heavy atom. The molecule has 1 aliphatic carbocycles. The molecule has 1 aromatic heterocycles. The molecule has 2 rings (SSSR count). The second-order valence-corrected chi connectivity index (χ2v) is 6.58. The number of hydrogen-bond acceptors (Lipinski definition) is 4. The van der Waals surface area contributed by atoms with Crippen molar-refractivity contribution in [3.63, 3.8) is 0 Å². The van der Waals surface area contributed by atoms with Crippen LogP contribution in [0.25, 0.3) is 0 Å². The molecule has 0 spiro atoms. The fourth-order valence-corrected chi connectivity index (χ4v) is 3.36. The zero-order chi connectivity index (χ0) is 16.2. The minimum atomic E-state index is -1.15. The normalized spacial score (nSPS) is 16.7. The van der Waals surface area contributed by atoms with E-state index in [1.54, 1.807) is 0 Å². The van der Waals surface area contributed by atoms with Crippen LogP contribution in [-0.4, -0.2) is 33.5 Å². The molecular formula is C16H23N3O3. The Morgan fingerprint density at radius 3 is 2.32 bits per heavy atom. The van der Waals surface area contributed by atoms with Crippen molar-refractivity contribution < 1.29 is 14.7 Å². The van der Waals surface area contributed by atoms with Crippen LogP contribution in [0.4, 0.5) is 0 Å². The van der Waals surface area contributed by atoms with Crippen LogP contribution in [0.2, 0.25) is 0 Å². The molecule has 1 aromatic rings. The van der Waals surface area contributed by atoms with Crippen LogP contribution in [0, 0.1) is 11.3 Å². The highest BCUT2D eigenvalue weighted by Crippen LogP contribution is 2.42. The maximum absolute atomic E-state index is 12.1. The number of nitrogens with one attached hydrogen (secondary N) is 1. The number of aromatic carboxylic acids is 1. The molecule has 0 aromatic carbocycles. The molecule has 2 N–H and O–H groups in total. The molecule has 1 heterocycles. The molecule has 1 saturated carbocycles. The van der Waals surface area contributed by atoms with E-state index < -0.39 is 5.97 Å². The summed E-state index contributed by atoms with van der Waals surface area (Å²) in [5.41, 5.74) is 0.185. The molecule has 6 nitrogen and oxygen atoms in total. The van der Waals surface area contributed by atoms with E-state index in [1.165, 1.54) is 19.0 Å². The van der Waals surface area contributed by atoms with Gasteiger partial charge in [0, 0.05) is 6.54 Å². The first-order valence-electron chi connectivity index (χ1n) is 7.75. The van der Waals surface area contributed by atoms with Crippen molar-refractivity contribution in [2.24, 2.45) is 11.3 Å². The Balaban J connectivity index is 1.97. The predicted octanol–water partition coefficient (Wildman–Crippen LogP) is 2.51. The minimum Gasteiger partial charge on any atom is -0.476 e. The van der Waals surface area contributed by atoms with Crippen molar-refractivity contribution in [2.45, 2.75) is 46.0 Å². The van der Waals surface area contributed by atoms with Gasteiger partial charge in [0.15, 0.2) is 5.69 Å². The van der Waals surface area contributed by atoms with E-state index in [2.05, 4.69) is 29.1 Å². The van der Waals surface area contributed by atoms with E-state index >= 15 is 0 Å². The SMILES string of the molecule is CC(C)CC1(CNC(=O)c2cnc(C(=O)O)cn2)CCCC1. The van der Waals surface area contributed by atoms with Crippen LogP contribution in [-0.2, 0) is 0 Å². The molecule has 0 saturated heterocycles. The van der Waals surface area contributed by atoms with Crippen LogP contribution >= 0.6 is 0 Å². The molecule has 22 heavy (non-hydrogen) atoms. The molecular weight excluding hydrogens is 282 g/mol. The van der Waals surface area contributed by atoms with Crippen molar-refractivity contribution in [3.05, 3.63) is 23.8 Å². The first kappa shape index (κ1) is 16.4. The van der Waals surface area contributed by atoms with E-state index in [-0.39, 0.29) is 22.7 Å². The average Bonchev–Trinajstić information content (AvgIpc) is 2.93. The summed E-state index contributed by atoms with van der Waals surface area (Å²) in [6.45, 7) is 5.06. The summed E-state index contributed by atoms with van der Waals surface area (Å²) in [5, 5.41) is 11.7. The number of hydrogen-bond donors (Lipinski definition) is 2. The van der Waals surface area contributed by atoms with Crippen LogP contribution in [0.1, 0.15) is 66.9 Å². The van der Waals surface area contributed by atoms with Crippen molar-refractivity contribution >= 4 is 11.9 Å². The zero-order valence-electron chi connectivity index (χ0n) is 13.1. The standard InChI is InChI=1S/C16H23N3O3/c1-11(2)7-16(5-3-4-6-16)10-19-14(20)12-8-18-13(9-17-12)15(21)22/h8-9,11H,3-7,10H2,1-2H3,(H,19,20)(H,21,22). The monoisotopic (exact) mass is 305 g/mol. The van der Waals surface area contributed by atoms with Crippen LogP contribution in [0.5, 0.6) is 0 Å². The predicted molar refractivity (Wildman–Crippen MR) is 81.7 cm³/mol. The van der Waals surface area contributed by atoms with Gasteiger partial charge in [0.25, 0.3) is 5.91 Å². The summed E-state index contributed by atoms with van der Waals surface area (Å²) in [5.74, 6) is -0.842. The van der Waals surface area contributed by atoms with Gasteiger partial charge in [0.05, 0.1) is 12.4 Å². The number of carboxylic acids is 1. The van der Waals surface area contributed by atoms with Crippen molar-refractivity contribution in [2.75, 3.05) is 6.54 Å². The van der Waals surface area contributed by atoms with Gasteiger partial charge in [-0.3, -0.25) is 4.79 Å². The molecule has 0 aliphatic heterocycles. The quantitative estimate of drug-likeness (QED) is 0.842. The lowest BCUT2D eigenvalue weighted by molar-refractivity contribution is 0.0689. The molecule has 0 bridgehead atoms. The summed E-state index contributed by atoms with van der Waals surface area (Å²) >= 11 is 0. The smallest absolute Gasteiger partial charge is 0.356 e. The molecule has 1 fully saturated rings. The fourth-order valence-electron chi connectivity index (χ4n) is 3.36. The maximum Gasteiger partial charge on any atom is 0.356 e. The van der Waals surface area contributed by atoms with Gasteiger partial charge in [-0.1, -0.05) is 26.7 Å². The molecule has 1 amide bonds. The van der Waals surface area contributed by atoms with Crippen molar-refractivity contribution in [1.82, 2.24) is 15.3 Å². The Morgan fingerprint density at radius 2 is 1.82 bits per heavy atom. The second-order valence-electron chi connectivity index (χ2n) is 6.58. The van der Waals surface area contributed by atoms with Gasteiger partial charge in [0.1, 0.15) is 5.69 Å². The lowest BCUT2D eigenvalue weighted by Gasteiger charge is -2.31. The molecule has 0 atom stereocenters. The summed E-state index contributed by atoms with van der Waals surface area (Å²) in [4.78, 5) is 30.5. The topological polar surface area (TPSA) is 92.2 Å². The van der Waals surface area contributed by atoms with Gasteiger partial charge >= 0.3 is 5.97 Å². The summed E-state index contributed by atoms with van der Waals surface area (Å²) in [7, 11) is 0. The maximum atomic E-state index is 12.1. The first-order chi connectivity index (χ1) is 10.4. The first-order valence-corrected chi connectivity index (χ1v) is 7.75. The Labute approximate surface area is 130 Å². The lowest BCUT2D eigenvalue weighted by atomic mass is 9.78. The second kappa shape index (κ2) is 6.85. The lowest BCUT2D eigenvalue weighted by Crippen LogP contribution is -2.37. The summed E-state index contributed by atoms with van der Waals surface area (Å²) in [6, 6.07) is 0. The van der Waals surface area contributed by atoms with Crippen LogP contribution in [0.15, 0.2) is 12.4 Å². The molecule has 1 aliphatic rings. The fraction of sp³-hybridized carbons (Fsp3) is 0.625. The molecule has 0 unspecified atom stereocenters. The molecule has 6 heteroatoms. The third kappa shape index (κ3) is 4.02. The number of amides is 1. The van der Waals surface area contributed by atoms with E-state index in [1.807, 2.05) is 0 Å². The van der Waals surface area contributed by atoms with Gasteiger partial charge in [-0.05, 0) is 30.6 Å². The largest absolute Gasteiger partial charge is 0.476 e. The highest BCUT2D eigenvalue weighted by atomic mass is 16.4. The average molecular weight is 305 g/mol. The number of carbonyl (C=O) groups excluding carboxylic acids is 1. The Bertz CT molecular complexity index is 534. The number of aromatic nitrogens is 2. The molecule has 120 valence electrons. The Hall–Kier alpha value is -1.98. The number of rotatable bonds is 6. The Kier molecular flexibility index (Phi) is 5.11.